The summed E-state index contributed by atoms with van der Waals surface area (Å²) < 4.78 is 17.8. The number of carbonyl (C=O) groups is 2. The summed E-state index contributed by atoms with van der Waals surface area (Å²) in [5.41, 5.74) is 3.18. The van der Waals surface area contributed by atoms with Crippen molar-refractivity contribution in [2.45, 2.75) is 49.7 Å². The molecule has 9 nitrogen and oxygen atoms in total. The maximum atomic E-state index is 13.7. The van der Waals surface area contributed by atoms with E-state index in [0.29, 0.717) is 51.7 Å². The first kappa shape index (κ1) is 32.1. The minimum atomic E-state index is -0.987. The molecule has 0 aliphatic carbocycles. The molecule has 1 unspecified atom stereocenters. The van der Waals surface area contributed by atoms with Crippen molar-refractivity contribution in [3.05, 3.63) is 94.6 Å². The van der Waals surface area contributed by atoms with Crippen molar-refractivity contribution in [3.63, 3.8) is 0 Å². The molecule has 1 atom stereocenters. The van der Waals surface area contributed by atoms with Crippen LogP contribution in [0.3, 0.4) is 0 Å². The van der Waals surface area contributed by atoms with E-state index in [1.807, 2.05) is 13.8 Å². The molecule has 3 aromatic carbocycles. The van der Waals surface area contributed by atoms with Crippen LogP contribution in [-0.4, -0.2) is 47.3 Å². The monoisotopic (exact) mass is 645 g/mol. The third-order valence-electron chi connectivity index (χ3n) is 7.23. The smallest absolute Gasteiger partial charge is 0.301 e. The van der Waals surface area contributed by atoms with Crippen LogP contribution < -0.4 is 19.1 Å². The van der Waals surface area contributed by atoms with Gasteiger partial charge in [0.2, 0.25) is 5.13 Å². The van der Waals surface area contributed by atoms with Gasteiger partial charge in [0.05, 0.1) is 31.9 Å². The van der Waals surface area contributed by atoms with Gasteiger partial charge in [0, 0.05) is 11.3 Å². The minimum Gasteiger partial charge on any atom is -0.507 e. The number of benzene rings is 3. The fourth-order valence-electron chi connectivity index (χ4n) is 4.85. The van der Waals surface area contributed by atoms with Crippen molar-refractivity contribution < 1.29 is 28.9 Å². The number of ether oxygens (including phenoxy) is 3. The Balaban J connectivity index is 1.56. The molecule has 2 heterocycles. The number of hydrogen-bond donors (Lipinski definition) is 1. The molecule has 1 amide bonds. The van der Waals surface area contributed by atoms with E-state index in [0.717, 1.165) is 18.4 Å². The molecule has 1 aromatic heterocycles. The average molecular weight is 646 g/mol. The van der Waals surface area contributed by atoms with Crippen LogP contribution in [-0.2, 0) is 15.3 Å². The molecule has 5 rings (SSSR count). The number of aliphatic hydroxyl groups excluding tert-OH is 1. The Morgan fingerprint density at radius 2 is 1.73 bits per heavy atom. The normalized spacial score (nSPS) is 15.8. The second-order valence-electron chi connectivity index (χ2n) is 10.4. The summed E-state index contributed by atoms with van der Waals surface area (Å²) in [6.07, 6.45) is 1.87. The number of rotatable bonds is 13. The fourth-order valence-corrected chi connectivity index (χ4v) is 6.67. The van der Waals surface area contributed by atoms with Crippen LogP contribution in [0.1, 0.15) is 55.0 Å². The van der Waals surface area contributed by atoms with E-state index >= 15 is 0 Å². The number of nitrogens with zero attached hydrogens (tertiary/aromatic N) is 3. The highest BCUT2D eigenvalue weighted by molar-refractivity contribution is 8.00. The number of aromatic nitrogens is 2. The van der Waals surface area contributed by atoms with Crippen molar-refractivity contribution in [1.29, 1.82) is 0 Å². The summed E-state index contributed by atoms with van der Waals surface area (Å²) in [7, 11) is 1.54. The number of anilines is 1. The molecular formula is C34H35N3O6S2. The predicted molar refractivity (Wildman–Crippen MR) is 176 cm³/mol. The predicted octanol–water partition coefficient (Wildman–Crippen LogP) is 7.35. The minimum absolute atomic E-state index is 0.0590. The third kappa shape index (κ3) is 7.15. The summed E-state index contributed by atoms with van der Waals surface area (Å²) >= 11 is 2.72. The molecule has 1 aliphatic rings. The average Bonchev–Trinajstić information content (AvgIpc) is 3.63. The van der Waals surface area contributed by atoms with Gasteiger partial charge in [0.25, 0.3) is 5.78 Å². The van der Waals surface area contributed by atoms with Crippen LogP contribution in [0.2, 0.25) is 0 Å². The van der Waals surface area contributed by atoms with Crippen LogP contribution in [0.25, 0.3) is 5.76 Å². The Morgan fingerprint density at radius 1 is 0.978 bits per heavy atom. The number of thioether (sulfide) groups is 1. The van der Waals surface area contributed by atoms with Gasteiger partial charge in [0.1, 0.15) is 11.5 Å². The highest BCUT2D eigenvalue weighted by Crippen LogP contribution is 2.45. The zero-order valence-corrected chi connectivity index (χ0v) is 27.2. The number of ketones is 1. The van der Waals surface area contributed by atoms with Crippen molar-refractivity contribution in [1.82, 2.24) is 10.2 Å². The van der Waals surface area contributed by atoms with Gasteiger partial charge in [-0.2, -0.15) is 0 Å². The molecule has 0 saturated carbocycles. The Morgan fingerprint density at radius 3 is 2.42 bits per heavy atom. The summed E-state index contributed by atoms with van der Waals surface area (Å²) in [6, 6.07) is 19.2. The van der Waals surface area contributed by atoms with Gasteiger partial charge in [-0.1, -0.05) is 72.3 Å². The Bertz CT molecular complexity index is 1690. The highest BCUT2D eigenvalue weighted by atomic mass is 32.2. The molecule has 234 valence electrons. The number of Topliss-reactive ketones (excluding diaryl/α,β-unsaturated/α-hetero) is 1. The molecule has 45 heavy (non-hydrogen) atoms. The lowest BCUT2D eigenvalue weighted by atomic mass is 9.95. The Kier molecular flexibility index (Phi) is 10.4. The van der Waals surface area contributed by atoms with E-state index in [-0.39, 0.29) is 16.5 Å². The molecule has 0 bridgehead atoms. The van der Waals surface area contributed by atoms with Gasteiger partial charge < -0.3 is 19.3 Å². The maximum absolute atomic E-state index is 13.7. The van der Waals surface area contributed by atoms with E-state index < -0.39 is 17.7 Å². The molecule has 4 aromatic rings. The number of hydrogen-bond acceptors (Lipinski definition) is 10. The highest BCUT2D eigenvalue weighted by Gasteiger charge is 2.48. The molecule has 11 heteroatoms. The second-order valence-corrected chi connectivity index (χ2v) is 12.5. The number of carbonyl (C=O) groups excluding carboxylic acids is 2. The molecule has 0 radical (unpaired) electrons. The summed E-state index contributed by atoms with van der Waals surface area (Å²) in [4.78, 5) is 28.7. The van der Waals surface area contributed by atoms with Crippen LogP contribution in [0.5, 0.6) is 17.2 Å². The molecule has 1 N–H and O–H groups in total. The maximum Gasteiger partial charge on any atom is 0.301 e. The van der Waals surface area contributed by atoms with E-state index in [4.69, 9.17) is 14.2 Å². The lowest BCUT2D eigenvalue weighted by molar-refractivity contribution is -0.132. The van der Waals surface area contributed by atoms with Gasteiger partial charge >= 0.3 is 5.91 Å². The lowest BCUT2D eigenvalue weighted by Gasteiger charge is -2.23. The Hall–Kier alpha value is -4.35. The van der Waals surface area contributed by atoms with Crippen LogP contribution >= 0.6 is 23.1 Å². The topological polar surface area (TPSA) is 111 Å². The van der Waals surface area contributed by atoms with Crippen molar-refractivity contribution >= 4 is 45.7 Å². The summed E-state index contributed by atoms with van der Waals surface area (Å²) in [5.74, 6) is 0.378. The van der Waals surface area contributed by atoms with Crippen LogP contribution in [0.4, 0.5) is 5.13 Å². The first-order valence-corrected chi connectivity index (χ1v) is 16.5. The molecule has 0 spiro atoms. The summed E-state index contributed by atoms with van der Waals surface area (Å²) in [5, 5.41) is 20.4. The van der Waals surface area contributed by atoms with Gasteiger partial charge in [-0.25, -0.2) is 0 Å². The number of unbranched alkanes of at least 4 members (excludes halogenated alkanes) is 1. The fraction of sp³-hybridized carbons (Fsp3) is 0.294. The van der Waals surface area contributed by atoms with E-state index in [1.165, 1.54) is 33.6 Å². The molecule has 1 aliphatic heterocycles. The van der Waals surface area contributed by atoms with E-state index in [1.54, 1.807) is 49.6 Å². The van der Waals surface area contributed by atoms with Crippen LogP contribution in [0, 0.1) is 6.92 Å². The van der Waals surface area contributed by atoms with Crippen molar-refractivity contribution in [2.75, 3.05) is 25.2 Å². The number of aliphatic hydroxyl groups is 1. The number of amides is 1. The largest absolute Gasteiger partial charge is 0.507 e. The first-order chi connectivity index (χ1) is 21.8. The zero-order valence-electron chi connectivity index (χ0n) is 25.6. The van der Waals surface area contributed by atoms with Gasteiger partial charge in [0.15, 0.2) is 15.8 Å². The Labute approximate surface area is 270 Å². The van der Waals surface area contributed by atoms with Gasteiger partial charge in [-0.3, -0.25) is 14.5 Å². The quantitative estimate of drug-likeness (QED) is 0.0398. The zero-order chi connectivity index (χ0) is 31.9. The van der Waals surface area contributed by atoms with Gasteiger partial charge in [-0.15, -0.1) is 10.2 Å². The SMILES string of the molecule is CCCCOc1ccc(C2/C(=C(\O)c3ccc(OC)cc3)C(=O)C(=O)N2c2nnc(SCc3ccc(C)cc3)s2)cc1OCC. The van der Waals surface area contributed by atoms with Crippen molar-refractivity contribution in [2.24, 2.45) is 0 Å². The van der Waals surface area contributed by atoms with E-state index in [2.05, 4.69) is 41.4 Å². The van der Waals surface area contributed by atoms with Crippen LogP contribution in [0.15, 0.2) is 76.6 Å². The molecule has 1 fully saturated rings. The molecule has 1 saturated heterocycles. The number of methoxy groups -OCH3 is 1. The first-order valence-electron chi connectivity index (χ1n) is 14.7. The lowest BCUT2D eigenvalue weighted by Crippen LogP contribution is -2.29. The second kappa shape index (κ2) is 14.6. The summed E-state index contributed by atoms with van der Waals surface area (Å²) in [6.45, 7) is 6.91. The third-order valence-corrected chi connectivity index (χ3v) is 9.36. The standard InChI is InChI=1S/C34H35N3O6S2/c1-5-7-18-43-26-17-14-24(19-27(26)42-6-2)29-28(30(38)23-12-15-25(41-4)16-13-23)31(39)32(40)37(29)33-35-36-34(45-33)44-20-22-10-8-21(3)9-11-22/h8-17,19,29,38H,5-7,18,20H2,1-4H3/b30-28+. The molecular weight excluding hydrogens is 611 g/mol. The van der Waals surface area contributed by atoms with Gasteiger partial charge in [-0.05, 0) is 67.8 Å². The van der Waals surface area contributed by atoms with Crippen molar-refractivity contribution in [3.8, 4) is 17.2 Å². The van der Waals surface area contributed by atoms with E-state index in [9.17, 15) is 14.7 Å². The number of aryl methyl sites for hydroxylation is 1.